The highest BCUT2D eigenvalue weighted by molar-refractivity contribution is 7.89. The van der Waals surface area contributed by atoms with E-state index in [1.54, 1.807) is 7.05 Å². The number of rotatable bonds is 5. The largest absolute Gasteiger partial charge is 0.318 e. The second-order valence-electron chi connectivity index (χ2n) is 3.11. The van der Waals surface area contributed by atoms with E-state index in [1.165, 1.54) is 6.07 Å². The molecule has 0 aliphatic heterocycles. The quantitative estimate of drug-likeness (QED) is 0.781. The summed E-state index contributed by atoms with van der Waals surface area (Å²) in [7, 11) is -1.99. The van der Waals surface area contributed by atoms with Gasteiger partial charge in [0.05, 0.1) is 4.90 Å². The van der Waals surface area contributed by atoms with E-state index in [0.717, 1.165) is 12.1 Å². The van der Waals surface area contributed by atoms with Crippen molar-refractivity contribution >= 4 is 21.6 Å². The van der Waals surface area contributed by atoms with Gasteiger partial charge in [0.15, 0.2) is 0 Å². The molecule has 0 saturated heterocycles. The third-order valence-corrected chi connectivity index (χ3v) is 3.47. The van der Waals surface area contributed by atoms with Gasteiger partial charge in [0.1, 0.15) is 5.82 Å². The zero-order valence-corrected chi connectivity index (χ0v) is 10.2. The molecule has 4 nitrogen and oxygen atoms in total. The molecule has 7 heteroatoms. The second-order valence-corrected chi connectivity index (χ2v) is 5.31. The monoisotopic (exact) mass is 266 g/mol. The molecule has 0 fully saturated rings. The summed E-state index contributed by atoms with van der Waals surface area (Å²) in [6.07, 6.45) is 0. The van der Waals surface area contributed by atoms with Crippen LogP contribution in [0.25, 0.3) is 0 Å². The van der Waals surface area contributed by atoms with Crippen molar-refractivity contribution in [2.24, 2.45) is 0 Å². The highest BCUT2D eigenvalue weighted by Gasteiger charge is 2.14. The molecule has 0 unspecified atom stereocenters. The Kier molecular flexibility index (Phi) is 4.67. The maximum Gasteiger partial charge on any atom is 0.240 e. The van der Waals surface area contributed by atoms with E-state index < -0.39 is 15.8 Å². The van der Waals surface area contributed by atoms with Crippen molar-refractivity contribution in [3.05, 3.63) is 29.0 Å². The predicted molar refractivity (Wildman–Crippen MR) is 60.5 cm³/mol. The zero-order chi connectivity index (χ0) is 12.2. The zero-order valence-electron chi connectivity index (χ0n) is 8.63. The average molecular weight is 267 g/mol. The van der Waals surface area contributed by atoms with Gasteiger partial charge in [-0.05, 0) is 25.2 Å². The summed E-state index contributed by atoms with van der Waals surface area (Å²) in [6.45, 7) is 0.718. The van der Waals surface area contributed by atoms with Gasteiger partial charge in [-0.15, -0.1) is 0 Å². The fraction of sp³-hybridized carbons (Fsp3) is 0.333. The van der Waals surface area contributed by atoms with Crippen LogP contribution in [0, 0.1) is 5.82 Å². The molecule has 1 aromatic rings. The molecule has 1 rings (SSSR count). The lowest BCUT2D eigenvalue weighted by Crippen LogP contribution is -2.30. The molecule has 16 heavy (non-hydrogen) atoms. The van der Waals surface area contributed by atoms with Crippen molar-refractivity contribution in [2.75, 3.05) is 20.1 Å². The number of hydrogen-bond donors (Lipinski definition) is 2. The first kappa shape index (κ1) is 13.4. The van der Waals surface area contributed by atoms with Crippen LogP contribution in [0.2, 0.25) is 5.02 Å². The summed E-state index contributed by atoms with van der Waals surface area (Å²) >= 11 is 5.57. The fourth-order valence-electron chi connectivity index (χ4n) is 1.08. The third-order valence-electron chi connectivity index (χ3n) is 1.81. The summed E-state index contributed by atoms with van der Waals surface area (Å²) in [5.41, 5.74) is 0. The predicted octanol–water partition coefficient (Wildman–Crippen LogP) is 0.977. The molecule has 0 bridgehead atoms. The van der Waals surface area contributed by atoms with Crippen LogP contribution < -0.4 is 10.0 Å². The van der Waals surface area contributed by atoms with Crippen LogP contribution in [0.1, 0.15) is 0 Å². The van der Waals surface area contributed by atoms with E-state index >= 15 is 0 Å². The highest BCUT2D eigenvalue weighted by Crippen LogP contribution is 2.17. The first-order chi connectivity index (χ1) is 7.45. The van der Waals surface area contributed by atoms with Crippen molar-refractivity contribution in [2.45, 2.75) is 4.90 Å². The summed E-state index contributed by atoms with van der Waals surface area (Å²) in [5.74, 6) is -0.679. The minimum Gasteiger partial charge on any atom is -0.318 e. The van der Waals surface area contributed by atoms with Gasteiger partial charge in [-0.3, -0.25) is 0 Å². The van der Waals surface area contributed by atoms with Crippen LogP contribution >= 0.6 is 11.6 Å². The van der Waals surface area contributed by atoms with Gasteiger partial charge in [-0.2, -0.15) is 0 Å². The topological polar surface area (TPSA) is 58.2 Å². The van der Waals surface area contributed by atoms with Crippen molar-refractivity contribution in [1.82, 2.24) is 10.0 Å². The molecule has 0 aliphatic rings. The van der Waals surface area contributed by atoms with Gasteiger partial charge in [-0.1, -0.05) is 11.6 Å². The molecule has 2 N–H and O–H groups in total. The van der Waals surface area contributed by atoms with Gasteiger partial charge in [-0.25, -0.2) is 17.5 Å². The lowest BCUT2D eigenvalue weighted by molar-refractivity contribution is 0.576. The lowest BCUT2D eigenvalue weighted by Gasteiger charge is -2.06. The van der Waals surface area contributed by atoms with Gasteiger partial charge in [0.2, 0.25) is 10.0 Å². The molecule has 0 aromatic heterocycles. The Balaban J connectivity index is 2.89. The Labute approximate surface area is 98.9 Å². The number of sulfonamides is 1. The molecule has 0 radical (unpaired) electrons. The van der Waals surface area contributed by atoms with Crippen LogP contribution in [-0.2, 0) is 10.0 Å². The van der Waals surface area contributed by atoms with E-state index in [-0.39, 0.29) is 16.5 Å². The number of likely N-dealkylation sites (N-methyl/N-ethyl adjacent to an activating group) is 1. The standard InChI is InChI=1S/C9H12ClFN2O2S/c1-12-2-3-13-16(14,15)9-5-7(10)4-8(11)6-9/h4-6,12-13H,2-3H2,1H3. The van der Waals surface area contributed by atoms with Gasteiger partial charge in [0, 0.05) is 18.1 Å². The van der Waals surface area contributed by atoms with Crippen LogP contribution in [0.5, 0.6) is 0 Å². The van der Waals surface area contributed by atoms with E-state index in [4.69, 9.17) is 11.6 Å². The van der Waals surface area contributed by atoms with Crippen molar-refractivity contribution in [3.8, 4) is 0 Å². The van der Waals surface area contributed by atoms with Gasteiger partial charge in [0.25, 0.3) is 0 Å². The number of hydrogen-bond acceptors (Lipinski definition) is 3. The molecule has 0 amide bonds. The molecule has 0 atom stereocenters. The molecule has 0 aliphatic carbocycles. The highest BCUT2D eigenvalue weighted by atomic mass is 35.5. The smallest absolute Gasteiger partial charge is 0.240 e. The molecular weight excluding hydrogens is 255 g/mol. The third kappa shape index (κ3) is 3.71. The maximum absolute atomic E-state index is 13.0. The Morgan fingerprint density at radius 1 is 1.31 bits per heavy atom. The van der Waals surface area contributed by atoms with Crippen LogP contribution in [-0.4, -0.2) is 28.6 Å². The van der Waals surface area contributed by atoms with E-state index in [0.29, 0.717) is 6.54 Å². The van der Waals surface area contributed by atoms with Crippen molar-refractivity contribution < 1.29 is 12.8 Å². The van der Waals surface area contributed by atoms with Crippen LogP contribution in [0.4, 0.5) is 4.39 Å². The fourth-order valence-corrected chi connectivity index (χ4v) is 2.45. The second kappa shape index (κ2) is 5.58. The molecule has 90 valence electrons. The SMILES string of the molecule is CNCCNS(=O)(=O)c1cc(F)cc(Cl)c1. The average Bonchev–Trinajstić information content (AvgIpc) is 2.16. The van der Waals surface area contributed by atoms with Gasteiger partial charge < -0.3 is 5.32 Å². The Morgan fingerprint density at radius 3 is 2.56 bits per heavy atom. The Morgan fingerprint density at radius 2 is 2.00 bits per heavy atom. The maximum atomic E-state index is 13.0. The van der Waals surface area contributed by atoms with Gasteiger partial charge >= 0.3 is 0 Å². The summed E-state index contributed by atoms with van der Waals surface area (Å²) < 4.78 is 38.6. The molecule has 0 heterocycles. The van der Waals surface area contributed by atoms with E-state index in [2.05, 4.69) is 10.0 Å². The van der Waals surface area contributed by atoms with Crippen molar-refractivity contribution in [3.63, 3.8) is 0 Å². The molecule has 0 spiro atoms. The first-order valence-corrected chi connectivity index (χ1v) is 6.42. The first-order valence-electron chi connectivity index (χ1n) is 4.56. The van der Waals surface area contributed by atoms with Crippen LogP contribution in [0.15, 0.2) is 23.1 Å². The Bertz CT molecular complexity index is 444. The Hall–Kier alpha value is -0.690. The minimum absolute atomic E-state index is 0.0500. The molecule has 0 saturated carbocycles. The van der Waals surface area contributed by atoms with E-state index in [1.807, 2.05) is 0 Å². The lowest BCUT2D eigenvalue weighted by atomic mass is 10.3. The number of nitrogens with one attached hydrogen (secondary N) is 2. The number of benzene rings is 1. The summed E-state index contributed by atoms with van der Waals surface area (Å²) in [4.78, 5) is -0.173. The summed E-state index contributed by atoms with van der Waals surface area (Å²) in [6, 6.07) is 3.17. The molecular formula is C9H12ClFN2O2S. The van der Waals surface area contributed by atoms with E-state index in [9.17, 15) is 12.8 Å². The molecule has 1 aromatic carbocycles. The normalized spacial score (nSPS) is 11.7. The van der Waals surface area contributed by atoms with Crippen LogP contribution in [0.3, 0.4) is 0 Å². The minimum atomic E-state index is -3.69. The summed E-state index contributed by atoms with van der Waals surface area (Å²) in [5, 5.41) is 2.84. The van der Waals surface area contributed by atoms with Crippen molar-refractivity contribution in [1.29, 1.82) is 0 Å². The number of halogens is 2.